The Morgan fingerprint density at radius 3 is 2.48 bits per heavy atom. The highest BCUT2D eigenvalue weighted by molar-refractivity contribution is 6.34. The number of aromatic amines is 1. The van der Waals surface area contributed by atoms with Crippen molar-refractivity contribution in [3.8, 4) is 0 Å². The molecule has 0 aliphatic carbocycles. The smallest absolute Gasteiger partial charge is 0.276 e. The molecule has 0 bridgehead atoms. The zero-order valence-corrected chi connectivity index (χ0v) is 11.5. The third-order valence-electron chi connectivity index (χ3n) is 3.03. The molecule has 1 amide bonds. The number of anilines is 1. The van der Waals surface area contributed by atoms with E-state index >= 15 is 0 Å². The topological polar surface area (TPSA) is 74.8 Å². The van der Waals surface area contributed by atoms with E-state index in [0.717, 1.165) is 0 Å². The monoisotopic (exact) mass is 299 g/mol. The number of fused-ring (bicyclic) bond motifs is 1. The summed E-state index contributed by atoms with van der Waals surface area (Å²) in [6.07, 6.45) is 0. The van der Waals surface area contributed by atoms with Gasteiger partial charge in [0.15, 0.2) is 5.69 Å². The Morgan fingerprint density at radius 2 is 1.71 bits per heavy atom. The number of benzene rings is 2. The zero-order chi connectivity index (χ0) is 14.8. The van der Waals surface area contributed by atoms with Crippen LogP contribution in [0.15, 0.2) is 53.3 Å². The third-order valence-corrected chi connectivity index (χ3v) is 3.36. The van der Waals surface area contributed by atoms with Gasteiger partial charge in [0.2, 0.25) is 0 Å². The first-order valence-corrected chi connectivity index (χ1v) is 6.58. The van der Waals surface area contributed by atoms with Crippen molar-refractivity contribution in [2.75, 3.05) is 5.32 Å². The van der Waals surface area contributed by atoms with Crippen molar-refractivity contribution < 1.29 is 4.79 Å². The first kappa shape index (κ1) is 13.3. The minimum atomic E-state index is -0.435. The van der Waals surface area contributed by atoms with E-state index in [1.54, 1.807) is 48.5 Å². The van der Waals surface area contributed by atoms with Crippen LogP contribution in [0, 0.1) is 0 Å². The standard InChI is InChI=1S/C15H10ClN3O2/c16-11-7-3-4-8-12(11)17-15(21)13-9-5-1-2-6-10(9)14(20)19-18-13/h1-8H,(H,17,21)(H,19,20). The molecule has 104 valence electrons. The fraction of sp³-hybridized carbons (Fsp3) is 0. The lowest BCUT2D eigenvalue weighted by atomic mass is 10.1. The molecular weight excluding hydrogens is 290 g/mol. The maximum Gasteiger partial charge on any atom is 0.276 e. The quantitative estimate of drug-likeness (QED) is 0.764. The van der Waals surface area contributed by atoms with Crippen molar-refractivity contribution in [1.29, 1.82) is 0 Å². The van der Waals surface area contributed by atoms with E-state index in [4.69, 9.17) is 11.6 Å². The Balaban J connectivity index is 2.05. The Morgan fingerprint density at radius 1 is 1.05 bits per heavy atom. The van der Waals surface area contributed by atoms with Crippen molar-refractivity contribution >= 4 is 34.0 Å². The summed E-state index contributed by atoms with van der Waals surface area (Å²) >= 11 is 6.01. The molecule has 3 rings (SSSR count). The molecular formula is C15H10ClN3O2. The molecule has 2 aromatic carbocycles. The zero-order valence-electron chi connectivity index (χ0n) is 10.8. The summed E-state index contributed by atoms with van der Waals surface area (Å²) in [7, 11) is 0. The van der Waals surface area contributed by atoms with Gasteiger partial charge in [0.1, 0.15) is 0 Å². The average Bonchev–Trinajstić information content (AvgIpc) is 2.50. The fourth-order valence-electron chi connectivity index (χ4n) is 2.03. The van der Waals surface area contributed by atoms with Crippen LogP contribution < -0.4 is 10.9 Å². The average molecular weight is 300 g/mol. The lowest BCUT2D eigenvalue weighted by Gasteiger charge is -2.07. The van der Waals surface area contributed by atoms with Gasteiger partial charge < -0.3 is 5.32 Å². The van der Waals surface area contributed by atoms with Crippen LogP contribution in [-0.4, -0.2) is 16.1 Å². The van der Waals surface area contributed by atoms with Gasteiger partial charge in [-0.1, -0.05) is 41.9 Å². The first-order chi connectivity index (χ1) is 10.2. The Hall–Kier alpha value is -2.66. The molecule has 0 fully saturated rings. The predicted octanol–water partition coefficient (Wildman–Crippen LogP) is 2.83. The van der Waals surface area contributed by atoms with E-state index in [2.05, 4.69) is 15.5 Å². The van der Waals surface area contributed by atoms with Crippen LogP contribution in [0.4, 0.5) is 5.69 Å². The SMILES string of the molecule is O=C(Nc1ccccc1Cl)c1n[nH]c(=O)c2ccccc12. The van der Waals surface area contributed by atoms with Gasteiger partial charge in [-0.2, -0.15) is 5.10 Å². The van der Waals surface area contributed by atoms with E-state index in [-0.39, 0.29) is 11.3 Å². The second-order valence-electron chi connectivity index (χ2n) is 4.38. The van der Waals surface area contributed by atoms with Crippen LogP contribution >= 0.6 is 11.6 Å². The van der Waals surface area contributed by atoms with Gasteiger partial charge in [0, 0.05) is 5.39 Å². The van der Waals surface area contributed by atoms with Crippen LogP contribution in [0.1, 0.15) is 10.5 Å². The number of carbonyl (C=O) groups is 1. The summed E-state index contributed by atoms with van der Waals surface area (Å²) in [5.41, 5.74) is 0.297. The summed E-state index contributed by atoms with van der Waals surface area (Å²) in [6, 6.07) is 13.7. The second kappa shape index (κ2) is 5.38. The Bertz CT molecular complexity index is 889. The highest BCUT2D eigenvalue weighted by Gasteiger charge is 2.14. The molecule has 0 radical (unpaired) electrons. The summed E-state index contributed by atoms with van der Waals surface area (Å²) in [4.78, 5) is 24.0. The van der Waals surface area contributed by atoms with E-state index in [1.165, 1.54) is 0 Å². The van der Waals surface area contributed by atoms with Crippen molar-refractivity contribution in [2.24, 2.45) is 0 Å². The maximum absolute atomic E-state index is 12.3. The molecule has 21 heavy (non-hydrogen) atoms. The van der Waals surface area contributed by atoms with Gasteiger partial charge in [-0.3, -0.25) is 9.59 Å². The number of amides is 1. The first-order valence-electron chi connectivity index (χ1n) is 6.20. The number of aromatic nitrogens is 2. The number of rotatable bonds is 2. The number of hydrogen-bond donors (Lipinski definition) is 2. The number of carbonyl (C=O) groups excluding carboxylic acids is 1. The maximum atomic E-state index is 12.3. The molecule has 6 heteroatoms. The number of halogens is 1. The summed E-state index contributed by atoms with van der Waals surface area (Å²) in [5.74, 6) is -0.435. The molecule has 0 atom stereocenters. The van der Waals surface area contributed by atoms with Gasteiger partial charge in [-0.15, -0.1) is 0 Å². The molecule has 1 heterocycles. The highest BCUT2D eigenvalue weighted by Crippen LogP contribution is 2.22. The normalized spacial score (nSPS) is 10.5. The molecule has 1 aromatic heterocycles. The lowest BCUT2D eigenvalue weighted by molar-refractivity contribution is 0.102. The molecule has 0 saturated heterocycles. The van der Waals surface area contributed by atoms with Crippen LogP contribution in [-0.2, 0) is 0 Å². The molecule has 0 aliphatic rings. The molecule has 2 N–H and O–H groups in total. The number of H-pyrrole nitrogens is 1. The van der Waals surface area contributed by atoms with E-state index in [1.807, 2.05) is 0 Å². The Kier molecular flexibility index (Phi) is 3.41. The predicted molar refractivity (Wildman–Crippen MR) is 81.8 cm³/mol. The van der Waals surface area contributed by atoms with Gasteiger partial charge in [-0.25, -0.2) is 5.10 Å². The number of nitrogens with one attached hydrogen (secondary N) is 2. The number of para-hydroxylation sites is 1. The van der Waals surface area contributed by atoms with Crippen LogP contribution in [0.25, 0.3) is 10.8 Å². The van der Waals surface area contributed by atoms with Gasteiger partial charge in [-0.05, 0) is 18.2 Å². The van der Waals surface area contributed by atoms with Crippen molar-refractivity contribution in [3.05, 3.63) is 69.6 Å². The molecule has 0 spiro atoms. The largest absolute Gasteiger partial charge is 0.319 e. The van der Waals surface area contributed by atoms with Gasteiger partial charge in [0.25, 0.3) is 11.5 Å². The van der Waals surface area contributed by atoms with Crippen molar-refractivity contribution in [3.63, 3.8) is 0 Å². The number of hydrogen-bond acceptors (Lipinski definition) is 3. The van der Waals surface area contributed by atoms with E-state index in [9.17, 15) is 9.59 Å². The molecule has 5 nitrogen and oxygen atoms in total. The minimum absolute atomic E-state index is 0.144. The third kappa shape index (κ3) is 2.51. The summed E-state index contributed by atoms with van der Waals surface area (Å²) in [6.45, 7) is 0. The lowest BCUT2D eigenvalue weighted by Crippen LogP contribution is -2.19. The van der Waals surface area contributed by atoms with Gasteiger partial charge in [0.05, 0.1) is 16.1 Å². The Labute approximate surface area is 124 Å². The highest BCUT2D eigenvalue weighted by atomic mass is 35.5. The molecule has 0 saturated carbocycles. The van der Waals surface area contributed by atoms with E-state index in [0.29, 0.717) is 21.5 Å². The minimum Gasteiger partial charge on any atom is -0.319 e. The molecule has 0 aliphatic heterocycles. The van der Waals surface area contributed by atoms with Crippen LogP contribution in [0.2, 0.25) is 5.02 Å². The summed E-state index contributed by atoms with van der Waals surface area (Å²) in [5, 5.41) is 10.2. The molecule has 0 unspecified atom stereocenters. The number of nitrogens with zero attached hydrogens (tertiary/aromatic N) is 1. The van der Waals surface area contributed by atoms with Crippen LogP contribution in [0.3, 0.4) is 0 Å². The molecule has 3 aromatic rings. The van der Waals surface area contributed by atoms with Gasteiger partial charge >= 0.3 is 0 Å². The van der Waals surface area contributed by atoms with Crippen molar-refractivity contribution in [1.82, 2.24) is 10.2 Å². The second-order valence-corrected chi connectivity index (χ2v) is 4.79. The van der Waals surface area contributed by atoms with Crippen molar-refractivity contribution in [2.45, 2.75) is 0 Å². The van der Waals surface area contributed by atoms with E-state index < -0.39 is 5.91 Å². The fourth-order valence-corrected chi connectivity index (χ4v) is 2.21. The van der Waals surface area contributed by atoms with Crippen LogP contribution in [0.5, 0.6) is 0 Å². The summed E-state index contributed by atoms with van der Waals surface area (Å²) < 4.78 is 0.